The van der Waals surface area contributed by atoms with Crippen molar-refractivity contribution in [1.29, 1.82) is 0 Å². The van der Waals surface area contributed by atoms with Crippen LogP contribution in [-0.4, -0.2) is 5.78 Å². The number of furan rings is 1. The average molecular weight is 427 g/mol. The molecule has 0 unspecified atom stereocenters. The first-order valence-electron chi connectivity index (χ1n) is 5.63. The van der Waals surface area contributed by atoms with Crippen LogP contribution in [0, 0.1) is 3.57 Å². The molecule has 4 heteroatoms. The van der Waals surface area contributed by atoms with Gasteiger partial charge >= 0.3 is 0 Å². The van der Waals surface area contributed by atoms with E-state index in [1.807, 2.05) is 42.5 Å². The fourth-order valence-electron chi connectivity index (χ4n) is 1.88. The van der Waals surface area contributed by atoms with Crippen LogP contribution in [-0.2, 0) is 0 Å². The molecule has 0 spiro atoms. The molecule has 0 fully saturated rings. The molecule has 1 aromatic heterocycles. The number of hydrogen-bond donors (Lipinski definition) is 0. The van der Waals surface area contributed by atoms with E-state index < -0.39 is 0 Å². The molecule has 1 heterocycles. The summed E-state index contributed by atoms with van der Waals surface area (Å²) >= 11 is 5.63. The first kappa shape index (κ1) is 12.9. The van der Waals surface area contributed by atoms with Gasteiger partial charge in [0.1, 0.15) is 5.58 Å². The minimum Gasteiger partial charge on any atom is -0.451 e. The first-order valence-corrected chi connectivity index (χ1v) is 7.50. The molecular formula is C15H8BrIO2. The van der Waals surface area contributed by atoms with Gasteiger partial charge in [-0.25, -0.2) is 0 Å². The van der Waals surface area contributed by atoms with Gasteiger partial charge in [-0.15, -0.1) is 0 Å². The average Bonchev–Trinajstić information content (AvgIpc) is 2.84. The molecule has 0 amide bonds. The van der Waals surface area contributed by atoms with Gasteiger partial charge in [-0.1, -0.05) is 12.1 Å². The summed E-state index contributed by atoms with van der Waals surface area (Å²) in [7, 11) is 0. The number of hydrogen-bond acceptors (Lipinski definition) is 2. The Morgan fingerprint density at radius 2 is 1.84 bits per heavy atom. The normalized spacial score (nSPS) is 10.8. The zero-order valence-corrected chi connectivity index (χ0v) is 13.4. The number of carbonyl (C=O) groups is 1. The Kier molecular flexibility index (Phi) is 3.45. The molecular weight excluding hydrogens is 419 g/mol. The standard InChI is InChI=1S/C15H8BrIO2/c16-12-3-1-2-10-8-13(19-15(10)12)14(18)9-4-6-11(17)7-5-9/h1-8H. The Balaban J connectivity index is 2.06. The highest BCUT2D eigenvalue weighted by Gasteiger charge is 2.15. The minimum absolute atomic E-state index is 0.0977. The van der Waals surface area contributed by atoms with E-state index >= 15 is 0 Å². The summed E-state index contributed by atoms with van der Waals surface area (Å²) in [6, 6.07) is 15.0. The van der Waals surface area contributed by atoms with E-state index in [4.69, 9.17) is 4.42 Å². The fourth-order valence-corrected chi connectivity index (χ4v) is 2.70. The summed E-state index contributed by atoms with van der Waals surface area (Å²) in [6.07, 6.45) is 0. The summed E-state index contributed by atoms with van der Waals surface area (Å²) in [5, 5.41) is 0.920. The zero-order chi connectivity index (χ0) is 13.4. The Bertz CT molecular complexity index is 759. The predicted molar refractivity (Wildman–Crippen MR) is 86.5 cm³/mol. The number of fused-ring (bicyclic) bond motifs is 1. The van der Waals surface area contributed by atoms with Crippen LogP contribution in [0.5, 0.6) is 0 Å². The lowest BCUT2D eigenvalue weighted by atomic mass is 10.1. The van der Waals surface area contributed by atoms with Crippen molar-refractivity contribution in [3.8, 4) is 0 Å². The molecule has 0 saturated heterocycles. The van der Waals surface area contributed by atoms with Crippen LogP contribution in [0.25, 0.3) is 11.0 Å². The topological polar surface area (TPSA) is 30.2 Å². The lowest BCUT2D eigenvalue weighted by Gasteiger charge is -1.97. The second-order valence-electron chi connectivity index (χ2n) is 4.10. The number of rotatable bonds is 2. The third-order valence-corrected chi connectivity index (χ3v) is 4.17. The molecule has 0 atom stereocenters. The number of carbonyl (C=O) groups excluding carboxylic acids is 1. The van der Waals surface area contributed by atoms with E-state index in [1.54, 1.807) is 6.07 Å². The van der Waals surface area contributed by atoms with Crippen molar-refractivity contribution in [3.05, 3.63) is 67.9 Å². The smallest absolute Gasteiger partial charge is 0.228 e. The van der Waals surface area contributed by atoms with Crippen LogP contribution >= 0.6 is 38.5 Å². The summed E-state index contributed by atoms with van der Waals surface area (Å²) in [4.78, 5) is 12.3. The van der Waals surface area contributed by atoms with E-state index in [9.17, 15) is 4.79 Å². The molecule has 2 aromatic carbocycles. The molecule has 0 bridgehead atoms. The lowest BCUT2D eigenvalue weighted by molar-refractivity contribution is 0.101. The maximum Gasteiger partial charge on any atom is 0.228 e. The molecule has 0 N–H and O–H groups in total. The highest BCUT2D eigenvalue weighted by molar-refractivity contribution is 14.1. The first-order chi connectivity index (χ1) is 9.15. The van der Waals surface area contributed by atoms with Crippen molar-refractivity contribution in [2.75, 3.05) is 0 Å². The van der Waals surface area contributed by atoms with Crippen molar-refractivity contribution < 1.29 is 9.21 Å². The van der Waals surface area contributed by atoms with Crippen molar-refractivity contribution in [1.82, 2.24) is 0 Å². The number of ketones is 1. The van der Waals surface area contributed by atoms with E-state index in [-0.39, 0.29) is 5.78 Å². The third-order valence-electron chi connectivity index (χ3n) is 2.83. The van der Waals surface area contributed by atoms with E-state index in [0.29, 0.717) is 16.9 Å². The summed E-state index contributed by atoms with van der Waals surface area (Å²) in [5.74, 6) is 0.266. The SMILES string of the molecule is O=C(c1ccc(I)cc1)c1cc2cccc(Br)c2o1. The second-order valence-corrected chi connectivity index (χ2v) is 6.20. The van der Waals surface area contributed by atoms with Gasteiger partial charge in [-0.3, -0.25) is 4.79 Å². The van der Waals surface area contributed by atoms with Crippen LogP contribution in [0.1, 0.15) is 16.1 Å². The van der Waals surface area contributed by atoms with Crippen molar-refractivity contribution >= 4 is 55.3 Å². The lowest BCUT2D eigenvalue weighted by Crippen LogP contribution is -1.98. The monoisotopic (exact) mass is 426 g/mol. The van der Waals surface area contributed by atoms with Crippen LogP contribution in [0.2, 0.25) is 0 Å². The summed E-state index contributed by atoms with van der Waals surface area (Å²) in [6.45, 7) is 0. The van der Waals surface area contributed by atoms with Crippen molar-refractivity contribution in [2.24, 2.45) is 0 Å². The van der Waals surface area contributed by atoms with Gasteiger partial charge in [0.25, 0.3) is 0 Å². The van der Waals surface area contributed by atoms with E-state index in [2.05, 4.69) is 38.5 Å². The molecule has 2 nitrogen and oxygen atoms in total. The quantitative estimate of drug-likeness (QED) is 0.425. The Morgan fingerprint density at radius 1 is 1.11 bits per heavy atom. The zero-order valence-electron chi connectivity index (χ0n) is 9.69. The van der Waals surface area contributed by atoms with Gasteiger partial charge < -0.3 is 4.42 Å². The van der Waals surface area contributed by atoms with Gasteiger partial charge in [0.2, 0.25) is 5.78 Å². The number of halogens is 2. The second kappa shape index (κ2) is 5.09. The molecule has 0 aliphatic heterocycles. The molecule has 0 radical (unpaired) electrons. The molecule has 94 valence electrons. The van der Waals surface area contributed by atoms with Gasteiger partial charge in [-0.05, 0) is 74.9 Å². The summed E-state index contributed by atoms with van der Waals surface area (Å²) in [5.41, 5.74) is 1.34. The van der Waals surface area contributed by atoms with E-state index in [1.165, 1.54) is 0 Å². The van der Waals surface area contributed by atoms with E-state index in [0.717, 1.165) is 13.4 Å². The minimum atomic E-state index is -0.0977. The molecule has 3 aromatic rings. The molecule has 3 rings (SSSR count). The van der Waals surface area contributed by atoms with Crippen LogP contribution in [0.4, 0.5) is 0 Å². The Labute approximate surface area is 132 Å². The van der Waals surface area contributed by atoms with Crippen molar-refractivity contribution in [3.63, 3.8) is 0 Å². The fraction of sp³-hybridized carbons (Fsp3) is 0. The number of para-hydroxylation sites is 1. The maximum atomic E-state index is 12.3. The third kappa shape index (κ3) is 2.47. The number of benzene rings is 2. The Hall–Kier alpha value is -1.14. The van der Waals surface area contributed by atoms with Crippen LogP contribution in [0.3, 0.4) is 0 Å². The van der Waals surface area contributed by atoms with Crippen LogP contribution < -0.4 is 0 Å². The maximum absolute atomic E-state index is 12.3. The molecule has 0 saturated carbocycles. The molecule has 0 aliphatic rings. The van der Waals surface area contributed by atoms with Gasteiger partial charge in [0, 0.05) is 14.5 Å². The summed E-state index contributed by atoms with van der Waals surface area (Å²) < 4.78 is 7.60. The largest absolute Gasteiger partial charge is 0.451 e. The molecule has 19 heavy (non-hydrogen) atoms. The van der Waals surface area contributed by atoms with Gasteiger partial charge in [0.15, 0.2) is 5.76 Å². The van der Waals surface area contributed by atoms with Gasteiger partial charge in [0.05, 0.1) is 4.47 Å². The van der Waals surface area contributed by atoms with Crippen LogP contribution in [0.15, 0.2) is 57.4 Å². The van der Waals surface area contributed by atoms with Crippen molar-refractivity contribution in [2.45, 2.75) is 0 Å². The highest BCUT2D eigenvalue weighted by atomic mass is 127. The molecule has 0 aliphatic carbocycles. The Morgan fingerprint density at radius 3 is 2.53 bits per heavy atom. The van der Waals surface area contributed by atoms with Gasteiger partial charge in [-0.2, -0.15) is 0 Å². The highest BCUT2D eigenvalue weighted by Crippen LogP contribution is 2.28. The predicted octanol–water partition coefficient (Wildman–Crippen LogP) is 5.03.